The zero-order valence-electron chi connectivity index (χ0n) is 18.0. The number of benzene rings is 2. The molecule has 0 unspecified atom stereocenters. The molecule has 2 aromatic carbocycles. The van der Waals surface area contributed by atoms with Gasteiger partial charge in [-0.1, -0.05) is 12.1 Å². The van der Waals surface area contributed by atoms with Gasteiger partial charge in [0.2, 0.25) is 5.91 Å². The first kappa shape index (κ1) is 20.2. The number of halogens is 1. The maximum atomic E-state index is 13.3. The minimum atomic E-state index is -0.262. The Hall–Kier alpha value is -3.68. The lowest BCUT2D eigenvalue weighted by atomic mass is 10.1. The number of nitrogens with one attached hydrogen (secondary N) is 3. The third kappa shape index (κ3) is 4.08. The molecule has 164 valence electrons. The highest BCUT2D eigenvalue weighted by molar-refractivity contribution is 5.83. The molecule has 2 aromatic heterocycles. The molecule has 1 aliphatic rings. The molecule has 0 aliphatic heterocycles. The predicted octanol–water partition coefficient (Wildman–Crippen LogP) is 4.57. The zero-order valence-corrected chi connectivity index (χ0v) is 18.0. The average Bonchev–Trinajstić information content (AvgIpc) is 3.36. The molecule has 5 rings (SSSR count). The van der Waals surface area contributed by atoms with E-state index < -0.39 is 0 Å². The monoisotopic (exact) mass is 432 g/mol. The summed E-state index contributed by atoms with van der Waals surface area (Å²) in [5.41, 5.74) is 5.66. The van der Waals surface area contributed by atoms with E-state index >= 15 is 0 Å². The van der Waals surface area contributed by atoms with E-state index in [2.05, 4.69) is 31.9 Å². The fourth-order valence-electron chi connectivity index (χ4n) is 3.90. The summed E-state index contributed by atoms with van der Waals surface area (Å²) >= 11 is 0. The number of fused-ring (bicyclic) bond motifs is 1. The highest BCUT2D eigenvalue weighted by atomic mass is 19.1. The molecule has 0 spiro atoms. The Balaban J connectivity index is 1.52. The van der Waals surface area contributed by atoms with Crippen LogP contribution in [0.1, 0.15) is 55.5 Å². The molecule has 1 fully saturated rings. The Bertz CT molecular complexity index is 1270. The summed E-state index contributed by atoms with van der Waals surface area (Å²) < 4.78 is 15.3. The van der Waals surface area contributed by atoms with Crippen LogP contribution >= 0.6 is 0 Å². The number of aromatic amines is 1. The molecule has 1 aliphatic carbocycles. The number of imidazole rings is 1. The van der Waals surface area contributed by atoms with Gasteiger partial charge in [-0.25, -0.2) is 9.37 Å². The second kappa shape index (κ2) is 8.11. The van der Waals surface area contributed by atoms with E-state index in [4.69, 9.17) is 0 Å². The van der Waals surface area contributed by atoms with Gasteiger partial charge in [0.15, 0.2) is 5.82 Å². The lowest BCUT2D eigenvalue weighted by Gasteiger charge is -2.19. The van der Waals surface area contributed by atoms with E-state index in [9.17, 15) is 9.18 Å². The summed E-state index contributed by atoms with van der Waals surface area (Å²) in [6.45, 7) is 3.90. The molecular formula is C24H25FN6O. The van der Waals surface area contributed by atoms with Crippen LogP contribution in [0.5, 0.6) is 0 Å². The lowest BCUT2D eigenvalue weighted by molar-refractivity contribution is -0.119. The van der Waals surface area contributed by atoms with Crippen molar-refractivity contribution in [2.75, 3.05) is 5.32 Å². The van der Waals surface area contributed by atoms with Gasteiger partial charge in [0.05, 0.1) is 11.0 Å². The molecule has 4 aromatic rings. The fourth-order valence-corrected chi connectivity index (χ4v) is 3.90. The molecule has 1 atom stereocenters. The minimum absolute atomic E-state index is 0.0626. The normalized spacial score (nSPS) is 14.5. The summed E-state index contributed by atoms with van der Waals surface area (Å²) in [4.78, 5) is 16.1. The molecule has 0 saturated heterocycles. The third-order valence-corrected chi connectivity index (χ3v) is 5.89. The summed E-state index contributed by atoms with van der Waals surface area (Å²) in [7, 11) is 0. The number of H-pyrrole nitrogens is 1. The maximum Gasteiger partial charge on any atom is 0.217 e. The zero-order chi connectivity index (χ0) is 22.2. The Morgan fingerprint density at radius 1 is 1.25 bits per heavy atom. The molecule has 2 heterocycles. The van der Waals surface area contributed by atoms with Gasteiger partial charge < -0.3 is 10.6 Å². The van der Waals surface area contributed by atoms with E-state index in [1.807, 2.05) is 23.6 Å². The molecule has 7 nitrogen and oxygen atoms in total. The summed E-state index contributed by atoms with van der Waals surface area (Å²) in [6, 6.07) is 12.5. The Morgan fingerprint density at radius 2 is 2.03 bits per heavy atom. The molecule has 8 heteroatoms. The van der Waals surface area contributed by atoms with Crippen LogP contribution < -0.4 is 10.6 Å². The Morgan fingerprint density at radius 3 is 2.75 bits per heavy atom. The van der Waals surface area contributed by atoms with Gasteiger partial charge in [0, 0.05) is 42.9 Å². The van der Waals surface area contributed by atoms with Crippen molar-refractivity contribution in [1.29, 1.82) is 0 Å². The van der Waals surface area contributed by atoms with E-state index in [0.29, 0.717) is 12.5 Å². The van der Waals surface area contributed by atoms with Gasteiger partial charge in [-0.05, 0) is 55.2 Å². The van der Waals surface area contributed by atoms with Gasteiger partial charge in [-0.3, -0.25) is 14.5 Å². The highest BCUT2D eigenvalue weighted by Crippen LogP contribution is 2.39. The maximum absolute atomic E-state index is 13.3. The minimum Gasteiger partial charge on any atom is -0.378 e. The number of rotatable bonds is 7. The van der Waals surface area contributed by atoms with Gasteiger partial charge in [-0.15, -0.1) is 0 Å². The van der Waals surface area contributed by atoms with Crippen LogP contribution in [0.2, 0.25) is 0 Å². The molecule has 1 saturated carbocycles. The van der Waals surface area contributed by atoms with Crippen molar-refractivity contribution in [2.24, 2.45) is 0 Å². The number of carbonyl (C=O) groups excluding carboxylic acids is 1. The highest BCUT2D eigenvalue weighted by Gasteiger charge is 2.26. The second-order valence-corrected chi connectivity index (χ2v) is 8.40. The number of carbonyl (C=O) groups is 1. The SMILES string of the molecule is CC(=O)NCc1cc2ncn(-c3cc(C4CC4)[nH]n3)c2cc1N[C@@H](C)c1ccc(F)cc1. The lowest BCUT2D eigenvalue weighted by Crippen LogP contribution is -2.20. The standard InChI is InChI=1S/C24H25FN6O/c1-14(16-5-7-19(25)8-6-16)28-20-10-23-22(9-18(20)12-26-15(2)32)27-13-31(23)24-11-21(29-30-24)17-3-4-17/h5-11,13-14,17,28H,3-4,12H2,1-2H3,(H,26,32)(H,29,30)/t14-/m0/s1. The first-order chi connectivity index (χ1) is 15.5. The second-order valence-electron chi connectivity index (χ2n) is 8.40. The molecule has 3 N–H and O–H groups in total. The molecule has 0 radical (unpaired) electrons. The number of hydrogen-bond acceptors (Lipinski definition) is 4. The van der Waals surface area contributed by atoms with E-state index in [-0.39, 0.29) is 17.8 Å². The smallest absolute Gasteiger partial charge is 0.217 e. The van der Waals surface area contributed by atoms with Crippen molar-refractivity contribution in [1.82, 2.24) is 25.1 Å². The van der Waals surface area contributed by atoms with Crippen LogP contribution in [0.3, 0.4) is 0 Å². The van der Waals surface area contributed by atoms with Gasteiger partial charge in [-0.2, -0.15) is 5.10 Å². The molecule has 1 amide bonds. The van der Waals surface area contributed by atoms with Crippen molar-refractivity contribution in [3.05, 3.63) is 71.4 Å². The van der Waals surface area contributed by atoms with Crippen molar-refractivity contribution in [3.8, 4) is 5.82 Å². The third-order valence-electron chi connectivity index (χ3n) is 5.89. The Labute approximate surface area is 185 Å². The number of hydrogen-bond donors (Lipinski definition) is 3. The van der Waals surface area contributed by atoms with E-state index in [1.54, 1.807) is 18.5 Å². The van der Waals surface area contributed by atoms with Gasteiger partial charge in [0.25, 0.3) is 0 Å². The van der Waals surface area contributed by atoms with E-state index in [1.165, 1.54) is 31.9 Å². The quantitative estimate of drug-likeness (QED) is 0.399. The van der Waals surface area contributed by atoms with E-state index in [0.717, 1.165) is 39.4 Å². The van der Waals surface area contributed by atoms with Crippen molar-refractivity contribution in [2.45, 2.75) is 45.2 Å². The van der Waals surface area contributed by atoms with Crippen molar-refractivity contribution < 1.29 is 9.18 Å². The van der Waals surface area contributed by atoms with Crippen molar-refractivity contribution in [3.63, 3.8) is 0 Å². The largest absolute Gasteiger partial charge is 0.378 e. The number of nitrogens with zero attached hydrogens (tertiary/aromatic N) is 3. The number of amides is 1. The first-order valence-electron chi connectivity index (χ1n) is 10.8. The van der Waals surface area contributed by atoms with Crippen LogP contribution in [0.4, 0.5) is 10.1 Å². The summed E-state index contributed by atoms with van der Waals surface area (Å²) in [6.07, 6.45) is 4.18. The predicted molar refractivity (Wildman–Crippen MR) is 121 cm³/mol. The molecule has 0 bridgehead atoms. The van der Waals surface area contributed by atoms with Crippen LogP contribution in [0.15, 0.2) is 48.8 Å². The molecule has 32 heavy (non-hydrogen) atoms. The number of anilines is 1. The Kier molecular flexibility index (Phi) is 5.13. The van der Waals surface area contributed by atoms with Crippen LogP contribution in [0.25, 0.3) is 16.9 Å². The average molecular weight is 433 g/mol. The fraction of sp³-hybridized carbons (Fsp3) is 0.292. The number of aromatic nitrogens is 4. The summed E-state index contributed by atoms with van der Waals surface area (Å²) in [5.74, 6) is 1.03. The van der Waals surface area contributed by atoms with Crippen LogP contribution in [-0.4, -0.2) is 25.7 Å². The van der Waals surface area contributed by atoms with Crippen LogP contribution in [-0.2, 0) is 11.3 Å². The van der Waals surface area contributed by atoms with Gasteiger partial charge >= 0.3 is 0 Å². The first-order valence-corrected chi connectivity index (χ1v) is 10.8. The summed E-state index contributed by atoms with van der Waals surface area (Å²) in [5, 5.41) is 14.0. The molecular weight excluding hydrogens is 407 g/mol. The van der Waals surface area contributed by atoms with Crippen LogP contribution in [0, 0.1) is 5.82 Å². The topological polar surface area (TPSA) is 87.6 Å². The van der Waals surface area contributed by atoms with Crippen molar-refractivity contribution >= 4 is 22.6 Å². The van der Waals surface area contributed by atoms with Gasteiger partial charge in [0.1, 0.15) is 12.1 Å².